The van der Waals surface area contributed by atoms with E-state index in [0.717, 1.165) is 17.4 Å². The van der Waals surface area contributed by atoms with Crippen molar-refractivity contribution in [1.29, 1.82) is 0 Å². The summed E-state index contributed by atoms with van der Waals surface area (Å²) in [6.07, 6.45) is -1.56. The second-order valence-electron chi connectivity index (χ2n) is 5.37. The molecule has 6 nitrogen and oxygen atoms in total. The fraction of sp³-hybridized carbons (Fsp3) is 0.818. The summed E-state index contributed by atoms with van der Waals surface area (Å²) >= 11 is 0. The number of rotatable bonds is 2. The quantitative estimate of drug-likeness (QED) is 0.824. The van der Waals surface area contributed by atoms with Crippen molar-refractivity contribution >= 4 is 10.0 Å². The van der Waals surface area contributed by atoms with E-state index in [4.69, 9.17) is 0 Å². The van der Waals surface area contributed by atoms with Crippen LogP contribution in [-0.4, -0.2) is 39.3 Å². The van der Waals surface area contributed by atoms with Crippen LogP contribution < -0.4 is 0 Å². The van der Waals surface area contributed by atoms with Crippen molar-refractivity contribution in [1.82, 2.24) is 19.1 Å². The van der Waals surface area contributed by atoms with Crippen LogP contribution in [0.3, 0.4) is 0 Å². The Morgan fingerprint density at radius 1 is 1.10 bits per heavy atom. The van der Waals surface area contributed by atoms with Crippen molar-refractivity contribution in [2.45, 2.75) is 50.2 Å². The van der Waals surface area contributed by atoms with Gasteiger partial charge in [0.25, 0.3) is 0 Å². The molecule has 1 aliphatic heterocycles. The van der Waals surface area contributed by atoms with E-state index in [1.54, 1.807) is 0 Å². The Morgan fingerprint density at radius 2 is 1.76 bits per heavy atom. The van der Waals surface area contributed by atoms with E-state index < -0.39 is 27.3 Å². The molecule has 0 radical (unpaired) electrons. The molecule has 3 rings (SSSR count). The van der Waals surface area contributed by atoms with Crippen molar-refractivity contribution in [2.75, 3.05) is 6.54 Å². The van der Waals surface area contributed by atoms with Gasteiger partial charge in [0.05, 0.1) is 11.8 Å². The highest BCUT2D eigenvalue weighted by molar-refractivity contribution is 7.89. The third kappa shape index (κ3) is 2.54. The van der Waals surface area contributed by atoms with Crippen LogP contribution in [0.5, 0.6) is 0 Å². The van der Waals surface area contributed by atoms with Gasteiger partial charge in [-0.1, -0.05) is 12.8 Å². The maximum Gasteiger partial charge on any atom is 0.451 e. The van der Waals surface area contributed by atoms with Crippen LogP contribution in [0.25, 0.3) is 0 Å². The predicted octanol–water partition coefficient (Wildman–Crippen LogP) is 1.38. The molecule has 2 heterocycles. The lowest BCUT2D eigenvalue weighted by molar-refractivity contribution is -0.147. The molecule has 1 saturated carbocycles. The Kier molecular flexibility index (Phi) is 3.47. The van der Waals surface area contributed by atoms with E-state index in [9.17, 15) is 21.6 Å². The standard InChI is InChI=1S/C11H15F3N4O2S/c12-11(13,14)10-16-15-9-7-17(5-6-18(9)10)21(19,20)8-3-1-2-4-8/h8H,1-7H2. The number of hydrogen-bond donors (Lipinski definition) is 0. The van der Waals surface area contributed by atoms with Gasteiger partial charge < -0.3 is 4.57 Å². The molecule has 10 heteroatoms. The molecule has 0 atom stereocenters. The second-order valence-corrected chi connectivity index (χ2v) is 7.59. The third-order valence-electron chi connectivity index (χ3n) is 4.06. The summed E-state index contributed by atoms with van der Waals surface area (Å²) in [6, 6.07) is 0. The van der Waals surface area contributed by atoms with Crippen molar-refractivity contribution in [3.05, 3.63) is 11.6 Å². The first-order chi connectivity index (χ1) is 9.80. The van der Waals surface area contributed by atoms with Crippen molar-refractivity contribution in [3.63, 3.8) is 0 Å². The van der Waals surface area contributed by atoms with E-state index in [-0.39, 0.29) is 25.5 Å². The molecule has 1 aromatic rings. The number of aromatic nitrogens is 3. The van der Waals surface area contributed by atoms with Gasteiger partial charge in [-0.2, -0.15) is 17.5 Å². The average molecular weight is 324 g/mol. The number of halogens is 3. The summed E-state index contributed by atoms with van der Waals surface area (Å²) in [7, 11) is -3.46. The fourth-order valence-electron chi connectivity index (χ4n) is 2.96. The lowest BCUT2D eigenvalue weighted by Gasteiger charge is -2.29. The lowest BCUT2D eigenvalue weighted by atomic mass is 10.4. The van der Waals surface area contributed by atoms with Crippen molar-refractivity contribution in [2.24, 2.45) is 0 Å². The van der Waals surface area contributed by atoms with Crippen LogP contribution in [0.4, 0.5) is 13.2 Å². The predicted molar refractivity (Wildman–Crippen MR) is 66.6 cm³/mol. The number of sulfonamides is 1. The minimum absolute atomic E-state index is 0.0347. The highest BCUT2D eigenvalue weighted by Gasteiger charge is 2.42. The lowest BCUT2D eigenvalue weighted by Crippen LogP contribution is -2.43. The molecule has 1 fully saturated rings. The molecule has 118 valence electrons. The molecule has 0 amide bonds. The summed E-state index contributed by atoms with van der Waals surface area (Å²) in [5.41, 5.74) is 0. The summed E-state index contributed by atoms with van der Waals surface area (Å²) in [5, 5.41) is 6.24. The zero-order valence-corrected chi connectivity index (χ0v) is 12.0. The van der Waals surface area contributed by atoms with Crippen LogP contribution in [-0.2, 0) is 29.3 Å². The van der Waals surface area contributed by atoms with Crippen molar-refractivity contribution < 1.29 is 21.6 Å². The third-order valence-corrected chi connectivity index (χ3v) is 6.40. The van der Waals surface area contributed by atoms with Gasteiger partial charge in [-0.05, 0) is 12.8 Å². The molecule has 0 N–H and O–H groups in total. The Morgan fingerprint density at radius 3 is 2.38 bits per heavy atom. The maximum absolute atomic E-state index is 12.7. The summed E-state index contributed by atoms with van der Waals surface area (Å²) in [6.45, 7) is -0.169. The molecule has 0 unspecified atom stereocenters. The zero-order chi connectivity index (χ0) is 15.3. The first-order valence-corrected chi connectivity index (χ1v) is 8.28. The van der Waals surface area contributed by atoms with Crippen LogP contribution in [0.2, 0.25) is 0 Å². The number of alkyl halides is 3. The van der Waals surface area contributed by atoms with Gasteiger partial charge in [-0.15, -0.1) is 10.2 Å². The molecule has 0 aromatic carbocycles. The van der Waals surface area contributed by atoms with Crippen LogP contribution >= 0.6 is 0 Å². The molecule has 0 spiro atoms. The molecule has 0 saturated heterocycles. The largest absolute Gasteiger partial charge is 0.451 e. The minimum atomic E-state index is -4.57. The van der Waals surface area contributed by atoms with Gasteiger partial charge in [0.2, 0.25) is 15.8 Å². The number of nitrogens with zero attached hydrogens (tertiary/aromatic N) is 4. The molecule has 0 bridgehead atoms. The Labute approximate surface area is 120 Å². The zero-order valence-electron chi connectivity index (χ0n) is 11.2. The number of fused-ring (bicyclic) bond motifs is 1. The first-order valence-electron chi connectivity index (χ1n) is 6.78. The fourth-order valence-corrected chi connectivity index (χ4v) is 4.94. The maximum atomic E-state index is 12.7. The van der Waals surface area contributed by atoms with Crippen molar-refractivity contribution in [3.8, 4) is 0 Å². The highest BCUT2D eigenvalue weighted by Crippen LogP contribution is 2.32. The van der Waals surface area contributed by atoms with E-state index >= 15 is 0 Å². The Bertz CT molecular complexity index is 634. The van der Waals surface area contributed by atoms with Crippen LogP contribution in [0, 0.1) is 0 Å². The summed E-state index contributed by atoms with van der Waals surface area (Å²) < 4.78 is 65.3. The Balaban J connectivity index is 1.84. The Hall–Kier alpha value is -1.16. The summed E-state index contributed by atoms with van der Waals surface area (Å²) in [5.74, 6) is -1.01. The minimum Gasteiger partial charge on any atom is -0.305 e. The topological polar surface area (TPSA) is 68.1 Å². The average Bonchev–Trinajstić information content (AvgIpc) is 3.06. The van der Waals surface area contributed by atoms with Gasteiger partial charge in [0, 0.05) is 13.1 Å². The van der Waals surface area contributed by atoms with Crippen LogP contribution in [0.15, 0.2) is 0 Å². The first kappa shape index (κ1) is 14.8. The van der Waals surface area contributed by atoms with Gasteiger partial charge in [0.1, 0.15) is 5.82 Å². The highest BCUT2D eigenvalue weighted by atomic mass is 32.2. The van der Waals surface area contributed by atoms with Gasteiger partial charge in [-0.3, -0.25) is 0 Å². The summed E-state index contributed by atoms with van der Waals surface area (Å²) in [4.78, 5) is 0. The van der Waals surface area contributed by atoms with Gasteiger partial charge in [-0.25, -0.2) is 8.42 Å². The molecular formula is C11H15F3N4O2S. The SMILES string of the molecule is O=S(=O)(C1CCCC1)N1CCn2c(nnc2C(F)(F)F)C1. The molecule has 1 aliphatic carbocycles. The number of hydrogen-bond acceptors (Lipinski definition) is 4. The monoisotopic (exact) mass is 324 g/mol. The van der Waals surface area contributed by atoms with E-state index in [1.807, 2.05) is 0 Å². The molecule has 21 heavy (non-hydrogen) atoms. The van der Waals surface area contributed by atoms with Crippen LogP contribution in [0.1, 0.15) is 37.3 Å². The molecular weight excluding hydrogens is 309 g/mol. The van der Waals surface area contributed by atoms with Gasteiger partial charge >= 0.3 is 6.18 Å². The van der Waals surface area contributed by atoms with E-state index in [0.29, 0.717) is 12.8 Å². The normalized spacial score (nSPS) is 21.7. The van der Waals surface area contributed by atoms with E-state index in [1.165, 1.54) is 4.31 Å². The van der Waals surface area contributed by atoms with E-state index in [2.05, 4.69) is 10.2 Å². The smallest absolute Gasteiger partial charge is 0.305 e. The molecule has 1 aromatic heterocycles. The van der Waals surface area contributed by atoms with Gasteiger partial charge in [0.15, 0.2) is 0 Å². The second kappa shape index (κ2) is 4.94. The molecule has 2 aliphatic rings.